The molecule has 1 aliphatic heterocycles. The van der Waals surface area contributed by atoms with Crippen molar-refractivity contribution >= 4 is 27.5 Å². The van der Waals surface area contributed by atoms with Crippen molar-refractivity contribution in [3.05, 3.63) is 82.4 Å². The minimum atomic E-state index is -0.260. The first-order valence-electron chi connectivity index (χ1n) is 11.1. The molecule has 0 aliphatic carbocycles. The van der Waals surface area contributed by atoms with Gasteiger partial charge < -0.3 is 9.64 Å². The number of hydrogen-bond donors (Lipinski definition) is 0. The Morgan fingerprint density at radius 2 is 2.12 bits per heavy atom. The second-order valence-corrected chi connectivity index (χ2v) is 9.41. The summed E-state index contributed by atoms with van der Waals surface area (Å²) in [6.45, 7) is 4.27. The lowest BCUT2D eigenvalue weighted by Crippen LogP contribution is -2.36. The monoisotopic (exact) mass is 464 g/mol. The van der Waals surface area contributed by atoms with Crippen LogP contribution in [0.15, 0.2) is 54.9 Å². The molecule has 1 aromatic carbocycles. The van der Waals surface area contributed by atoms with E-state index in [1.165, 1.54) is 23.5 Å². The maximum atomic E-state index is 13.6. The van der Waals surface area contributed by atoms with E-state index in [9.17, 15) is 9.18 Å². The molecule has 5 rings (SSSR count). The number of nitrogens with zero attached hydrogens (tertiary/aromatic N) is 4. The van der Waals surface area contributed by atoms with Crippen LogP contribution in [0.1, 0.15) is 39.3 Å². The number of pyridine rings is 1. The second kappa shape index (κ2) is 9.41. The van der Waals surface area contributed by atoms with Crippen LogP contribution in [0.5, 0.6) is 0 Å². The zero-order chi connectivity index (χ0) is 22.8. The molecule has 1 unspecified atom stereocenters. The number of carbonyl (C=O) groups is 1. The minimum Gasteiger partial charge on any atom is -0.376 e. The number of thiophene rings is 1. The van der Waals surface area contributed by atoms with Gasteiger partial charge >= 0.3 is 0 Å². The molecule has 1 amide bonds. The molecule has 1 aliphatic rings. The first kappa shape index (κ1) is 21.7. The lowest BCUT2D eigenvalue weighted by molar-refractivity contribution is 0.0511. The standard InChI is InChI=1S/C25H25FN4O2S/c1-17-22-12-23(33-25(22)30(28-17)15-18-6-8-20(26)9-7-18)24(31)29(16-21-5-3-11-32-21)14-19-4-2-10-27-13-19/h2,4,6-10,12-13,21H,3,5,11,14-16H2,1H3. The Bertz CT molecular complexity index is 1250. The van der Waals surface area contributed by atoms with Crippen molar-refractivity contribution in [2.75, 3.05) is 13.2 Å². The number of aryl methyl sites for hydroxylation is 1. The van der Waals surface area contributed by atoms with Crippen LogP contribution in [-0.2, 0) is 17.8 Å². The number of amides is 1. The van der Waals surface area contributed by atoms with E-state index in [-0.39, 0.29) is 17.8 Å². The molecule has 4 heterocycles. The highest BCUT2D eigenvalue weighted by Gasteiger charge is 2.26. The Balaban J connectivity index is 1.42. The Morgan fingerprint density at radius 3 is 2.85 bits per heavy atom. The van der Waals surface area contributed by atoms with Gasteiger partial charge in [-0.1, -0.05) is 18.2 Å². The first-order valence-corrected chi connectivity index (χ1v) is 11.9. The fraction of sp³-hybridized carbons (Fsp3) is 0.320. The summed E-state index contributed by atoms with van der Waals surface area (Å²) in [5.74, 6) is -0.271. The molecule has 8 heteroatoms. The molecular weight excluding hydrogens is 439 g/mol. The van der Waals surface area contributed by atoms with Crippen molar-refractivity contribution in [2.45, 2.75) is 39.0 Å². The molecule has 0 bridgehead atoms. The van der Waals surface area contributed by atoms with Gasteiger partial charge in [-0.05, 0) is 55.2 Å². The van der Waals surface area contributed by atoms with Crippen LogP contribution >= 0.6 is 11.3 Å². The summed E-state index contributed by atoms with van der Waals surface area (Å²) < 4.78 is 21.0. The van der Waals surface area contributed by atoms with Crippen molar-refractivity contribution in [1.82, 2.24) is 19.7 Å². The molecule has 1 saturated heterocycles. The van der Waals surface area contributed by atoms with Crippen molar-refractivity contribution in [3.8, 4) is 0 Å². The first-order chi connectivity index (χ1) is 16.1. The predicted octanol–water partition coefficient (Wildman–Crippen LogP) is 4.81. The summed E-state index contributed by atoms with van der Waals surface area (Å²) in [5.41, 5.74) is 2.82. The molecule has 170 valence electrons. The highest BCUT2D eigenvalue weighted by Crippen LogP contribution is 2.30. The molecule has 1 atom stereocenters. The van der Waals surface area contributed by atoms with E-state index < -0.39 is 0 Å². The van der Waals surface area contributed by atoms with Gasteiger partial charge in [0.1, 0.15) is 10.6 Å². The largest absolute Gasteiger partial charge is 0.376 e. The fourth-order valence-corrected chi connectivity index (χ4v) is 5.34. The molecule has 0 spiro atoms. The van der Waals surface area contributed by atoms with Gasteiger partial charge in [0.05, 0.1) is 23.2 Å². The number of fused-ring (bicyclic) bond motifs is 1. The van der Waals surface area contributed by atoms with E-state index in [2.05, 4.69) is 10.1 Å². The molecule has 0 saturated carbocycles. The lowest BCUT2D eigenvalue weighted by Gasteiger charge is -2.25. The van der Waals surface area contributed by atoms with Gasteiger partial charge in [-0.15, -0.1) is 11.3 Å². The van der Waals surface area contributed by atoms with E-state index in [0.717, 1.165) is 46.5 Å². The van der Waals surface area contributed by atoms with Crippen LogP contribution in [0.4, 0.5) is 4.39 Å². The number of ether oxygens (including phenoxy) is 1. The Morgan fingerprint density at radius 1 is 1.27 bits per heavy atom. The number of benzene rings is 1. The maximum Gasteiger partial charge on any atom is 0.264 e. The number of rotatable bonds is 7. The van der Waals surface area contributed by atoms with Crippen LogP contribution in [0.25, 0.3) is 10.2 Å². The summed E-state index contributed by atoms with van der Waals surface area (Å²) in [6, 6.07) is 12.2. The second-order valence-electron chi connectivity index (χ2n) is 8.38. The molecule has 1 fully saturated rings. The minimum absolute atomic E-state index is 0.0108. The van der Waals surface area contributed by atoms with Crippen molar-refractivity contribution in [3.63, 3.8) is 0 Å². The molecule has 0 radical (unpaired) electrons. The van der Waals surface area contributed by atoms with Gasteiger partial charge in [-0.3, -0.25) is 14.5 Å². The normalized spacial score (nSPS) is 15.9. The third kappa shape index (κ3) is 4.82. The molecule has 33 heavy (non-hydrogen) atoms. The van der Waals surface area contributed by atoms with Crippen molar-refractivity contribution < 1.29 is 13.9 Å². The van der Waals surface area contributed by atoms with Crippen LogP contribution in [0.3, 0.4) is 0 Å². The molecule has 3 aromatic heterocycles. The summed E-state index contributed by atoms with van der Waals surface area (Å²) in [4.78, 5) is 21.3. The average Bonchev–Trinajstić information content (AvgIpc) is 3.55. The van der Waals surface area contributed by atoms with Crippen LogP contribution in [0, 0.1) is 12.7 Å². The Kier molecular flexibility index (Phi) is 6.20. The van der Waals surface area contributed by atoms with Gasteiger partial charge in [-0.25, -0.2) is 4.39 Å². The van der Waals surface area contributed by atoms with Crippen LogP contribution < -0.4 is 0 Å². The predicted molar refractivity (Wildman–Crippen MR) is 126 cm³/mol. The Hall–Kier alpha value is -3.10. The Labute approximate surface area is 195 Å². The zero-order valence-corrected chi connectivity index (χ0v) is 19.2. The van der Waals surface area contributed by atoms with E-state index in [1.54, 1.807) is 24.5 Å². The highest BCUT2D eigenvalue weighted by atomic mass is 32.1. The number of hydrogen-bond acceptors (Lipinski definition) is 5. The van der Waals surface area contributed by atoms with Crippen LogP contribution in [0.2, 0.25) is 0 Å². The van der Waals surface area contributed by atoms with E-state index in [1.807, 2.05) is 34.7 Å². The number of aromatic nitrogens is 3. The van der Waals surface area contributed by atoms with Crippen molar-refractivity contribution in [2.24, 2.45) is 0 Å². The summed E-state index contributed by atoms with van der Waals surface area (Å²) >= 11 is 1.45. The molecule has 0 N–H and O–H groups in total. The summed E-state index contributed by atoms with van der Waals surface area (Å²) in [6.07, 6.45) is 5.59. The summed E-state index contributed by atoms with van der Waals surface area (Å²) in [7, 11) is 0. The molecule has 4 aromatic rings. The zero-order valence-electron chi connectivity index (χ0n) is 18.4. The topological polar surface area (TPSA) is 60.2 Å². The van der Waals surface area contributed by atoms with E-state index >= 15 is 0 Å². The van der Waals surface area contributed by atoms with Crippen molar-refractivity contribution in [1.29, 1.82) is 0 Å². The van der Waals surface area contributed by atoms with E-state index in [0.29, 0.717) is 24.5 Å². The SMILES string of the molecule is Cc1nn(Cc2ccc(F)cc2)c2sc(C(=O)N(Cc3cccnc3)CC3CCCO3)cc12. The number of halogens is 1. The third-order valence-corrected chi connectivity index (χ3v) is 7.03. The van der Waals surface area contributed by atoms with Gasteiger partial charge in [-0.2, -0.15) is 5.10 Å². The van der Waals surface area contributed by atoms with Crippen LogP contribution in [-0.4, -0.2) is 44.8 Å². The van der Waals surface area contributed by atoms with Gasteiger partial charge in [0.15, 0.2) is 0 Å². The summed E-state index contributed by atoms with van der Waals surface area (Å²) in [5, 5.41) is 5.62. The number of carbonyl (C=O) groups excluding carboxylic acids is 1. The van der Waals surface area contributed by atoms with Gasteiger partial charge in [0.2, 0.25) is 0 Å². The quantitative estimate of drug-likeness (QED) is 0.394. The van der Waals surface area contributed by atoms with Gasteiger partial charge in [0, 0.05) is 37.5 Å². The highest BCUT2D eigenvalue weighted by molar-refractivity contribution is 7.20. The maximum absolute atomic E-state index is 13.6. The van der Waals surface area contributed by atoms with E-state index in [4.69, 9.17) is 4.74 Å². The smallest absolute Gasteiger partial charge is 0.264 e. The van der Waals surface area contributed by atoms with Gasteiger partial charge in [0.25, 0.3) is 5.91 Å². The third-order valence-electron chi connectivity index (χ3n) is 5.90. The average molecular weight is 465 g/mol. The lowest BCUT2D eigenvalue weighted by atomic mass is 10.2. The fourth-order valence-electron chi connectivity index (χ4n) is 4.21. The molecule has 6 nitrogen and oxygen atoms in total. The molecular formula is C25H25FN4O2S.